The average Bonchev–Trinajstić information content (AvgIpc) is 2.44. The van der Waals surface area contributed by atoms with Gasteiger partial charge in [0.1, 0.15) is 0 Å². The second-order valence-corrected chi connectivity index (χ2v) is 9.10. The predicted octanol–water partition coefficient (Wildman–Crippen LogP) is 3.25. The molecule has 0 heterocycles. The minimum absolute atomic E-state index is 0.154. The molecular formula is C17H34O4S. The molecule has 0 aliphatic rings. The van der Waals surface area contributed by atoms with Gasteiger partial charge in [-0.15, -0.1) is 0 Å². The molecule has 4 nitrogen and oxygen atoms in total. The van der Waals surface area contributed by atoms with E-state index in [-0.39, 0.29) is 22.7 Å². The monoisotopic (exact) mass is 334 g/mol. The maximum atomic E-state index is 12.6. The number of esters is 1. The highest BCUT2D eigenvalue weighted by molar-refractivity contribution is 8.00. The number of hydrogen-bond acceptors (Lipinski definition) is 5. The van der Waals surface area contributed by atoms with Gasteiger partial charge < -0.3 is 14.9 Å². The second kappa shape index (κ2) is 8.55. The van der Waals surface area contributed by atoms with Gasteiger partial charge in [-0.25, -0.2) is 0 Å². The van der Waals surface area contributed by atoms with Crippen molar-refractivity contribution in [1.29, 1.82) is 0 Å². The van der Waals surface area contributed by atoms with Gasteiger partial charge in [0.15, 0.2) is 0 Å². The van der Waals surface area contributed by atoms with Crippen LogP contribution < -0.4 is 0 Å². The first-order valence-corrected chi connectivity index (χ1v) is 9.04. The van der Waals surface area contributed by atoms with Gasteiger partial charge in [-0.2, -0.15) is 11.8 Å². The van der Waals surface area contributed by atoms with Gasteiger partial charge in [0, 0.05) is 10.5 Å². The first-order valence-electron chi connectivity index (χ1n) is 8.06. The van der Waals surface area contributed by atoms with E-state index in [1.54, 1.807) is 11.8 Å². The quantitative estimate of drug-likeness (QED) is 0.600. The Balaban J connectivity index is 5.24. The molecule has 132 valence electrons. The number of thioether (sulfide) groups is 1. The van der Waals surface area contributed by atoms with Crippen LogP contribution in [-0.2, 0) is 9.53 Å². The van der Waals surface area contributed by atoms with E-state index >= 15 is 0 Å². The molecule has 0 bridgehead atoms. The number of aliphatic hydroxyl groups excluding tert-OH is 2. The molecule has 0 radical (unpaired) electrons. The Labute approximate surface area is 140 Å². The van der Waals surface area contributed by atoms with Gasteiger partial charge in [-0.3, -0.25) is 4.79 Å². The van der Waals surface area contributed by atoms with Crippen LogP contribution in [0, 0.1) is 10.8 Å². The van der Waals surface area contributed by atoms with Crippen LogP contribution in [-0.4, -0.2) is 46.0 Å². The maximum absolute atomic E-state index is 12.6. The maximum Gasteiger partial charge on any atom is 0.312 e. The SMILES string of the molecule is CCOC(=O)C(C)(CC(C)(C)SCC(O)CO)C(C)(C)CC. The van der Waals surface area contributed by atoms with E-state index < -0.39 is 11.5 Å². The Hall–Kier alpha value is -0.260. The highest BCUT2D eigenvalue weighted by atomic mass is 32.2. The minimum Gasteiger partial charge on any atom is -0.466 e. The first-order chi connectivity index (χ1) is 9.95. The standard InChI is InChI=1S/C17H34O4S/c1-8-15(3,4)17(7,14(20)21-9-2)12-16(5,6)22-11-13(19)10-18/h13,18-19H,8-12H2,1-7H3. The van der Waals surface area contributed by atoms with Crippen molar-refractivity contribution in [3.05, 3.63) is 0 Å². The molecule has 0 spiro atoms. The van der Waals surface area contributed by atoms with E-state index in [2.05, 4.69) is 34.6 Å². The van der Waals surface area contributed by atoms with E-state index in [9.17, 15) is 9.90 Å². The molecule has 2 N–H and O–H groups in total. The van der Waals surface area contributed by atoms with Gasteiger partial charge in [-0.1, -0.05) is 34.6 Å². The lowest BCUT2D eigenvalue weighted by Gasteiger charge is -2.45. The highest BCUT2D eigenvalue weighted by Gasteiger charge is 2.50. The van der Waals surface area contributed by atoms with Gasteiger partial charge in [0.25, 0.3) is 0 Å². The van der Waals surface area contributed by atoms with E-state index in [0.717, 1.165) is 6.42 Å². The summed E-state index contributed by atoms with van der Waals surface area (Å²) in [6, 6.07) is 0. The van der Waals surface area contributed by atoms with Crippen LogP contribution in [0.1, 0.15) is 61.3 Å². The van der Waals surface area contributed by atoms with Crippen molar-refractivity contribution in [1.82, 2.24) is 0 Å². The Kier molecular flexibility index (Phi) is 8.45. The first kappa shape index (κ1) is 21.7. The molecule has 0 aromatic carbocycles. The van der Waals surface area contributed by atoms with Crippen molar-refractivity contribution in [2.24, 2.45) is 10.8 Å². The number of carbonyl (C=O) groups is 1. The summed E-state index contributed by atoms with van der Waals surface area (Å²) in [4.78, 5) is 12.6. The molecule has 0 aromatic rings. The number of carbonyl (C=O) groups excluding carboxylic acids is 1. The van der Waals surface area contributed by atoms with Crippen LogP contribution in [0.25, 0.3) is 0 Å². The van der Waals surface area contributed by atoms with Crippen molar-refractivity contribution < 1.29 is 19.7 Å². The molecule has 0 rings (SSSR count). The largest absolute Gasteiger partial charge is 0.466 e. The third-order valence-electron chi connectivity index (χ3n) is 4.76. The van der Waals surface area contributed by atoms with E-state index in [1.807, 2.05) is 13.8 Å². The Morgan fingerprint density at radius 2 is 1.73 bits per heavy atom. The number of ether oxygens (including phenoxy) is 1. The third-order valence-corrected chi connectivity index (χ3v) is 6.24. The zero-order valence-corrected chi connectivity index (χ0v) is 16.0. The van der Waals surface area contributed by atoms with Crippen molar-refractivity contribution >= 4 is 17.7 Å². The van der Waals surface area contributed by atoms with Crippen molar-refractivity contribution in [3.63, 3.8) is 0 Å². The number of rotatable bonds is 10. The van der Waals surface area contributed by atoms with Gasteiger partial charge in [-0.05, 0) is 32.1 Å². The molecule has 0 fully saturated rings. The Bertz CT molecular complexity index is 355. The molecule has 5 heteroatoms. The number of aliphatic hydroxyl groups is 2. The van der Waals surface area contributed by atoms with E-state index in [0.29, 0.717) is 18.8 Å². The molecule has 22 heavy (non-hydrogen) atoms. The molecule has 0 aliphatic heterocycles. The summed E-state index contributed by atoms with van der Waals surface area (Å²) in [7, 11) is 0. The molecule has 0 amide bonds. The summed E-state index contributed by atoms with van der Waals surface area (Å²) in [5, 5.41) is 18.5. The van der Waals surface area contributed by atoms with Crippen LogP contribution >= 0.6 is 11.8 Å². The van der Waals surface area contributed by atoms with Gasteiger partial charge >= 0.3 is 5.97 Å². The average molecular weight is 335 g/mol. The normalized spacial score (nSPS) is 17.0. The predicted molar refractivity (Wildman–Crippen MR) is 93.1 cm³/mol. The Morgan fingerprint density at radius 3 is 2.14 bits per heavy atom. The van der Waals surface area contributed by atoms with E-state index in [4.69, 9.17) is 9.84 Å². The van der Waals surface area contributed by atoms with E-state index in [1.165, 1.54) is 0 Å². The van der Waals surface area contributed by atoms with Crippen LogP contribution in [0.15, 0.2) is 0 Å². The molecule has 0 aromatic heterocycles. The molecule has 0 saturated carbocycles. The van der Waals surface area contributed by atoms with Gasteiger partial charge in [0.2, 0.25) is 0 Å². The zero-order valence-electron chi connectivity index (χ0n) is 15.2. The summed E-state index contributed by atoms with van der Waals surface area (Å²) >= 11 is 1.58. The third kappa shape index (κ3) is 5.74. The minimum atomic E-state index is -0.725. The fourth-order valence-electron chi connectivity index (χ4n) is 2.55. The lowest BCUT2D eigenvalue weighted by atomic mass is 9.61. The lowest BCUT2D eigenvalue weighted by molar-refractivity contribution is -0.163. The summed E-state index contributed by atoms with van der Waals surface area (Å²) in [6.07, 6.45) is 0.808. The highest BCUT2D eigenvalue weighted by Crippen LogP contribution is 2.50. The lowest BCUT2D eigenvalue weighted by Crippen LogP contribution is -2.47. The van der Waals surface area contributed by atoms with Crippen LogP contribution in [0.3, 0.4) is 0 Å². The second-order valence-electron chi connectivity index (χ2n) is 7.37. The van der Waals surface area contributed by atoms with Crippen molar-refractivity contribution in [3.8, 4) is 0 Å². The fraction of sp³-hybridized carbons (Fsp3) is 0.941. The van der Waals surface area contributed by atoms with Crippen LogP contribution in [0.4, 0.5) is 0 Å². The number of hydrogen-bond donors (Lipinski definition) is 2. The summed E-state index contributed by atoms with van der Waals surface area (Å²) in [5.74, 6) is 0.299. The summed E-state index contributed by atoms with van der Waals surface area (Å²) in [6.45, 7) is 14.4. The van der Waals surface area contributed by atoms with Crippen molar-refractivity contribution in [2.45, 2.75) is 72.2 Å². The molecule has 2 unspecified atom stereocenters. The fourth-order valence-corrected chi connectivity index (χ4v) is 3.68. The van der Waals surface area contributed by atoms with Crippen LogP contribution in [0.5, 0.6) is 0 Å². The summed E-state index contributed by atoms with van der Waals surface area (Å²) in [5.41, 5.74) is -0.787. The van der Waals surface area contributed by atoms with Crippen molar-refractivity contribution in [2.75, 3.05) is 19.0 Å². The molecular weight excluding hydrogens is 300 g/mol. The summed E-state index contributed by atoms with van der Waals surface area (Å²) < 4.78 is 5.15. The Morgan fingerprint density at radius 1 is 1.18 bits per heavy atom. The smallest absolute Gasteiger partial charge is 0.312 e. The molecule has 0 aliphatic carbocycles. The molecule has 0 saturated heterocycles. The zero-order chi connectivity index (χ0) is 17.6. The van der Waals surface area contributed by atoms with Gasteiger partial charge in [0.05, 0.1) is 24.7 Å². The molecule has 2 atom stereocenters. The van der Waals surface area contributed by atoms with Crippen LogP contribution in [0.2, 0.25) is 0 Å². The topological polar surface area (TPSA) is 66.8 Å².